The summed E-state index contributed by atoms with van der Waals surface area (Å²) in [4.78, 5) is 24.5. The molecule has 2 aromatic carbocycles. The molecule has 3 rings (SSSR count). The molecule has 2 N–H and O–H groups in total. The number of carbonyl (C=O) groups is 2. The van der Waals surface area contributed by atoms with E-state index in [-0.39, 0.29) is 12.3 Å². The Morgan fingerprint density at radius 3 is 2.50 bits per heavy atom. The number of hydrogen-bond acceptors (Lipinski definition) is 4. The van der Waals surface area contributed by atoms with Gasteiger partial charge in [0.05, 0.1) is 20.1 Å². The quantitative estimate of drug-likeness (QED) is 0.753. The maximum Gasteiger partial charge on any atom is 0.269 e. The summed E-state index contributed by atoms with van der Waals surface area (Å²) in [5.41, 5.74) is 8.97. The standard InChI is InChI=1S/C22H26N2O4/c1-3-28-19-11-10-18(14-20(19)27-2)22(26)24-23-21(25)13-15-8-9-16-6-4-5-7-17(16)12-15/h8-12,14H,3-7,13H2,1-2H3,(H,23,25)(H,24,26). The first kappa shape index (κ1) is 19.7. The first-order valence-corrected chi connectivity index (χ1v) is 9.61. The first-order valence-electron chi connectivity index (χ1n) is 9.61. The van der Waals surface area contributed by atoms with Crippen LogP contribution in [0.3, 0.4) is 0 Å². The Morgan fingerprint density at radius 2 is 1.75 bits per heavy atom. The van der Waals surface area contributed by atoms with Gasteiger partial charge in [0.1, 0.15) is 0 Å². The highest BCUT2D eigenvalue weighted by Gasteiger charge is 2.14. The number of nitrogens with one attached hydrogen (secondary N) is 2. The molecule has 0 atom stereocenters. The average molecular weight is 382 g/mol. The first-order chi connectivity index (χ1) is 13.6. The molecule has 28 heavy (non-hydrogen) atoms. The van der Waals surface area contributed by atoms with Crippen LogP contribution in [0.4, 0.5) is 0 Å². The van der Waals surface area contributed by atoms with Crippen molar-refractivity contribution in [2.45, 2.75) is 39.0 Å². The molecule has 0 aromatic heterocycles. The van der Waals surface area contributed by atoms with Crippen molar-refractivity contribution >= 4 is 11.8 Å². The van der Waals surface area contributed by atoms with Gasteiger partial charge in [0.25, 0.3) is 5.91 Å². The van der Waals surface area contributed by atoms with Crippen molar-refractivity contribution < 1.29 is 19.1 Å². The molecule has 6 nitrogen and oxygen atoms in total. The Kier molecular flexibility index (Phi) is 6.53. The predicted molar refractivity (Wildman–Crippen MR) is 107 cm³/mol. The van der Waals surface area contributed by atoms with Crippen molar-refractivity contribution in [1.29, 1.82) is 0 Å². The van der Waals surface area contributed by atoms with Crippen LogP contribution in [0.2, 0.25) is 0 Å². The normalized spacial score (nSPS) is 12.6. The maximum absolute atomic E-state index is 12.3. The largest absolute Gasteiger partial charge is 0.493 e. The number of hydrogen-bond donors (Lipinski definition) is 2. The molecule has 0 spiro atoms. The fourth-order valence-corrected chi connectivity index (χ4v) is 3.41. The highest BCUT2D eigenvalue weighted by Crippen LogP contribution is 2.28. The van der Waals surface area contributed by atoms with Crippen molar-refractivity contribution in [1.82, 2.24) is 10.9 Å². The van der Waals surface area contributed by atoms with Crippen LogP contribution in [0.25, 0.3) is 0 Å². The molecule has 0 saturated heterocycles. The summed E-state index contributed by atoms with van der Waals surface area (Å²) in [7, 11) is 1.51. The minimum Gasteiger partial charge on any atom is -0.493 e. The van der Waals surface area contributed by atoms with Crippen LogP contribution >= 0.6 is 0 Å². The van der Waals surface area contributed by atoms with Crippen LogP contribution in [-0.2, 0) is 24.1 Å². The van der Waals surface area contributed by atoms with Gasteiger partial charge < -0.3 is 9.47 Å². The second kappa shape index (κ2) is 9.26. The average Bonchev–Trinajstić information content (AvgIpc) is 2.72. The highest BCUT2D eigenvalue weighted by molar-refractivity contribution is 5.96. The van der Waals surface area contributed by atoms with Gasteiger partial charge in [-0.2, -0.15) is 0 Å². The summed E-state index contributed by atoms with van der Waals surface area (Å²) in [5, 5.41) is 0. The molecule has 6 heteroatoms. The van der Waals surface area contributed by atoms with Crippen LogP contribution in [0.5, 0.6) is 11.5 Å². The molecule has 0 aliphatic heterocycles. The fourth-order valence-electron chi connectivity index (χ4n) is 3.41. The lowest BCUT2D eigenvalue weighted by Crippen LogP contribution is -2.42. The number of methoxy groups -OCH3 is 1. The summed E-state index contributed by atoms with van der Waals surface area (Å²) in [6.45, 7) is 2.37. The number of hydrazine groups is 1. The zero-order valence-corrected chi connectivity index (χ0v) is 16.3. The second-order valence-corrected chi connectivity index (χ2v) is 6.79. The van der Waals surface area contributed by atoms with E-state index in [0.717, 1.165) is 18.4 Å². The van der Waals surface area contributed by atoms with Crippen molar-refractivity contribution in [2.24, 2.45) is 0 Å². The topological polar surface area (TPSA) is 76.7 Å². The van der Waals surface area contributed by atoms with Gasteiger partial charge in [-0.15, -0.1) is 0 Å². The van der Waals surface area contributed by atoms with Gasteiger partial charge in [0.2, 0.25) is 5.91 Å². The molecule has 148 valence electrons. The van der Waals surface area contributed by atoms with Gasteiger partial charge in [-0.05, 0) is 67.5 Å². The van der Waals surface area contributed by atoms with Gasteiger partial charge >= 0.3 is 0 Å². The van der Waals surface area contributed by atoms with E-state index in [1.165, 1.54) is 31.1 Å². The Hall–Kier alpha value is -3.02. The number of amides is 2. The van der Waals surface area contributed by atoms with Crippen LogP contribution in [0, 0.1) is 0 Å². The Bertz CT molecular complexity index is 864. The van der Waals surface area contributed by atoms with E-state index in [4.69, 9.17) is 9.47 Å². The summed E-state index contributed by atoms with van der Waals surface area (Å²) < 4.78 is 10.7. The van der Waals surface area contributed by atoms with Crippen molar-refractivity contribution in [3.8, 4) is 11.5 Å². The molecule has 1 aliphatic carbocycles. The lowest BCUT2D eigenvalue weighted by atomic mass is 9.90. The summed E-state index contributed by atoms with van der Waals surface area (Å²) >= 11 is 0. The molecule has 0 saturated carbocycles. The van der Waals surface area contributed by atoms with Crippen molar-refractivity contribution in [3.05, 3.63) is 58.7 Å². The van der Waals surface area contributed by atoms with E-state index in [2.05, 4.69) is 23.0 Å². The van der Waals surface area contributed by atoms with Crippen LogP contribution < -0.4 is 20.3 Å². The number of aryl methyl sites for hydroxylation is 2. The molecule has 0 heterocycles. The van der Waals surface area contributed by atoms with Crippen LogP contribution in [0.1, 0.15) is 46.8 Å². The maximum atomic E-state index is 12.3. The fraction of sp³-hybridized carbons (Fsp3) is 0.364. The Balaban J connectivity index is 1.56. The SMILES string of the molecule is CCOc1ccc(C(=O)NNC(=O)Cc2ccc3c(c2)CCCC3)cc1OC. The summed E-state index contributed by atoms with van der Waals surface area (Å²) in [6, 6.07) is 11.1. The molecule has 0 fully saturated rings. The van der Waals surface area contributed by atoms with Gasteiger partial charge in [0, 0.05) is 5.56 Å². The number of ether oxygens (including phenoxy) is 2. The van der Waals surface area contributed by atoms with Gasteiger partial charge in [-0.3, -0.25) is 20.4 Å². The third-order valence-corrected chi connectivity index (χ3v) is 4.82. The molecule has 0 bridgehead atoms. The van der Waals surface area contributed by atoms with Gasteiger partial charge in [-0.25, -0.2) is 0 Å². The Morgan fingerprint density at radius 1 is 0.964 bits per heavy atom. The van der Waals surface area contributed by atoms with E-state index in [1.54, 1.807) is 18.2 Å². The van der Waals surface area contributed by atoms with E-state index < -0.39 is 5.91 Å². The predicted octanol–water partition coefficient (Wildman–Crippen LogP) is 2.98. The molecule has 2 aromatic rings. The molecule has 2 amide bonds. The Labute approximate surface area is 165 Å². The van der Waals surface area contributed by atoms with Gasteiger partial charge in [-0.1, -0.05) is 18.2 Å². The van der Waals surface area contributed by atoms with Crippen LogP contribution in [0.15, 0.2) is 36.4 Å². The summed E-state index contributed by atoms with van der Waals surface area (Å²) in [6.07, 6.45) is 4.84. The van der Waals surface area contributed by atoms with E-state index in [9.17, 15) is 9.59 Å². The monoisotopic (exact) mass is 382 g/mol. The van der Waals surface area contributed by atoms with Crippen LogP contribution in [-0.4, -0.2) is 25.5 Å². The molecular formula is C22H26N2O4. The lowest BCUT2D eigenvalue weighted by Gasteiger charge is -2.16. The molecule has 1 aliphatic rings. The number of fused-ring (bicyclic) bond motifs is 1. The second-order valence-electron chi connectivity index (χ2n) is 6.79. The minimum atomic E-state index is -0.417. The van der Waals surface area contributed by atoms with E-state index >= 15 is 0 Å². The third kappa shape index (κ3) is 4.82. The molecular weight excluding hydrogens is 356 g/mol. The summed E-state index contributed by atoms with van der Waals surface area (Å²) in [5.74, 6) is 0.357. The zero-order valence-electron chi connectivity index (χ0n) is 16.3. The molecule has 0 unspecified atom stereocenters. The number of carbonyl (C=O) groups excluding carboxylic acids is 2. The number of benzene rings is 2. The number of rotatable bonds is 6. The minimum absolute atomic E-state index is 0.222. The molecule has 0 radical (unpaired) electrons. The van der Waals surface area contributed by atoms with E-state index in [1.807, 2.05) is 13.0 Å². The smallest absolute Gasteiger partial charge is 0.269 e. The van der Waals surface area contributed by atoms with Crippen molar-refractivity contribution in [2.75, 3.05) is 13.7 Å². The highest BCUT2D eigenvalue weighted by atomic mass is 16.5. The van der Waals surface area contributed by atoms with E-state index in [0.29, 0.717) is 23.7 Å². The zero-order chi connectivity index (χ0) is 19.9. The third-order valence-electron chi connectivity index (χ3n) is 4.82. The van der Waals surface area contributed by atoms with Gasteiger partial charge in [0.15, 0.2) is 11.5 Å². The lowest BCUT2D eigenvalue weighted by molar-refractivity contribution is -0.121. The van der Waals surface area contributed by atoms with Crippen molar-refractivity contribution in [3.63, 3.8) is 0 Å².